The summed E-state index contributed by atoms with van der Waals surface area (Å²) in [4.78, 5) is 10.8. The Hall–Kier alpha value is -8.14. The molecule has 0 saturated heterocycles. The third-order valence-corrected chi connectivity index (χ3v) is 12.7. The smallest absolute Gasteiger partial charge is 0.160 e. The molecular formula is C59H39N3. The highest BCUT2D eigenvalue weighted by Gasteiger charge is 2.45. The van der Waals surface area contributed by atoms with Crippen LogP contribution in [0.1, 0.15) is 22.3 Å². The van der Waals surface area contributed by atoms with Crippen LogP contribution < -0.4 is 0 Å². The second kappa shape index (κ2) is 14.5. The Morgan fingerprint density at radius 1 is 0.355 bits per heavy atom. The van der Waals surface area contributed by atoms with Crippen LogP contribution in [0.25, 0.3) is 83.6 Å². The summed E-state index contributed by atoms with van der Waals surface area (Å²) in [6, 6.07) is 85.2. The van der Waals surface area contributed by atoms with Crippen LogP contribution in [0, 0.1) is 0 Å². The van der Waals surface area contributed by atoms with E-state index in [9.17, 15) is 0 Å². The van der Waals surface area contributed by atoms with Gasteiger partial charge in [0.15, 0.2) is 5.82 Å². The SMILES string of the molecule is c1ccc(-c2nc(-c3cccc(-c4cccc(-c5cccc(C6(c7ccccc7)c7ccccc7-c7ccccc76)c5)c4)c3)nc3c4ccccc4n(-c4ccccc4)c23)cc1. The Kier molecular flexibility index (Phi) is 8.39. The largest absolute Gasteiger partial charge is 0.306 e. The Balaban J connectivity index is 0.986. The van der Waals surface area contributed by atoms with E-state index in [4.69, 9.17) is 9.97 Å². The van der Waals surface area contributed by atoms with Gasteiger partial charge in [0.25, 0.3) is 0 Å². The van der Waals surface area contributed by atoms with E-state index in [1.165, 1.54) is 38.9 Å². The van der Waals surface area contributed by atoms with Crippen molar-refractivity contribution in [2.75, 3.05) is 0 Å². The van der Waals surface area contributed by atoms with Crippen LogP contribution in [0.3, 0.4) is 0 Å². The first-order chi connectivity index (χ1) is 30.8. The van der Waals surface area contributed by atoms with Crippen molar-refractivity contribution in [1.82, 2.24) is 14.5 Å². The minimum absolute atomic E-state index is 0.455. The highest BCUT2D eigenvalue weighted by atomic mass is 15.0. The molecule has 0 saturated carbocycles. The lowest BCUT2D eigenvalue weighted by molar-refractivity contribution is 0.769. The lowest BCUT2D eigenvalue weighted by Gasteiger charge is -2.34. The number of rotatable bonds is 7. The van der Waals surface area contributed by atoms with E-state index in [-0.39, 0.29) is 0 Å². The first-order valence-electron chi connectivity index (χ1n) is 21.2. The first kappa shape index (κ1) is 35.8. The Morgan fingerprint density at radius 2 is 0.839 bits per heavy atom. The molecule has 2 heterocycles. The molecule has 0 unspecified atom stereocenters. The Bertz CT molecular complexity index is 3410. The molecule has 0 aliphatic heterocycles. The molecule has 0 N–H and O–H groups in total. The lowest BCUT2D eigenvalue weighted by atomic mass is 9.67. The van der Waals surface area contributed by atoms with Gasteiger partial charge in [-0.2, -0.15) is 0 Å². The van der Waals surface area contributed by atoms with Gasteiger partial charge in [-0.05, 0) is 92.0 Å². The van der Waals surface area contributed by atoms with Gasteiger partial charge in [0.1, 0.15) is 5.52 Å². The zero-order valence-corrected chi connectivity index (χ0v) is 33.9. The predicted molar refractivity (Wildman–Crippen MR) is 255 cm³/mol. The summed E-state index contributed by atoms with van der Waals surface area (Å²) in [5.41, 5.74) is 18.9. The zero-order chi connectivity index (χ0) is 41.0. The van der Waals surface area contributed by atoms with E-state index >= 15 is 0 Å². The molecule has 9 aromatic carbocycles. The number of hydrogen-bond acceptors (Lipinski definition) is 2. The van der Waals surface area contributed by atoms with Crippen molar-refractivity contribution in [3.05, 3.63) is 259 Å². The van der Waals surface area contributed by atoms with Gasteiger partial charge in [-0.1, -0.05) is 200 Å². The van der Waals surface area contributed by atoms with Gasteiger partial charge in [0.05, 0.1) is 22.1 Å². The molecule has 0 spiro atoms. The standard InChI is InChI=1S/C59H39N3/c1-4-19-40(20-5-1)55-57-56(51-33-12-15-36-54(51)62(57)48-29-8-3-9-30-48)61-58(60-55)45-25-17-23-43(38-45)41-21-16-22-42(37-41)44-24-18-28-47(39-44)59(46-26-6-2-7-27-46)52-34-13-10-31-49(52)50-32-11-14-35-53(50)59/h1-39H. The van der Waals surface area contributed by atoms with Crippen molar-refractivity contribution >= 4 is 21.9 Å². The van der Waals surface area contributed by atoms with E-state index in [1.807, 2.05) is 0 Å². The van der Waals surface area contributed by atoms with Crippen LogP contribution >= 0.6 is 0 Å². The van der Waals surface area contributed by atoms with Crippen LogP contribution in [0.15, 0.2) is 237 Å². The molecule has 12 rings (SSSR count). The van der Waals surface area contributed by atoms with E-state index in [0.29, 0.717) is 5.82 Å². The summed E-state index contributed by atoms with van der Waals surface area (Å²) in [6.07, 6.45) is 0. The van der Waals surface area contributed by atoms with Crippen molar-refractivity contribution < 1.29 is 0 Å². The monoisotopic (exact) mass is 789 g/mol. The summed E-state index contributed by atoms with van der Waals surface area (Å²) in [5.74, 6) is 0.696. The summed E-state index contributed by atoms with van der Waals surface area (Å²) in [5, 5.41) is 1.09. The molecule has 290 valence electrons. The summed E-state index contributed by atoms with van der Waals surface area (Å²) >= 11 is 0. The fourth-order valence-corrected chi connectivity index (χ4v) is 9.98. The average Bonchev–Trinajstić information content (AvgIpc) is 3.86. The number of benzene rings is 9. The van der Waals surface area contributed by atoms with Crippen molar-refractivity contribution in [2.45, 2.75) is 5.41 Å². The van der Waals surface area contributed by atoms with Crippen LogP contribution in [0.4, 0.5) is 0 Å². The van der Waals surface area contributed by atoms with Crippen molar-refractivity contribution in [2.24, 2.45) is 0 Å². The normalized spacial score (nSPS) is 12.6. The summed E-state index contributed by atoms with van der Waals surface area (Å²) in [7, 11) is 0. The molecule has 3 heteroatoms. The van der Waals surface area contributed by atoms with Crippen molar-refractivity contribution in [1.29, 1.82) is 0 Å². The van der Waals surface area contributed by atoms with Gasteiger partial charge in [-0.15, -0.1) is 0 Å². The molecule has 2 aromatic heterocycles. The molecular weight excluding hydrogens is 751 g/mol. The number of para-hydroxylation sites is 2. The van der Waals surface area contributed by atoms with Crippen LogP contribution in [-0.4, -0.2) is 14.5 Å². The first-order valence-corrected chi connectivity index (χ1v) is 21.2. The van der Waals surface area contributed by atoms with Crippen molar-refractivity contribution in [3.63, 3.8) is 0 Å². The molecule has 1 aliphatic rings. The number of hydrogen-bond donors (Lipinski definition) is 0. The van der Waals surface area contributed by atoms with Gasteiger partial charge < -0.3 is 4.57 Å². The van der Waals surface area contributed by atoms with Gasteiger partial charge >= 0.3 is 0 Å². The summed E-state index contributed by atoms with van der Waals surface area (Å²) < 4.78 is 2.31. The quantitative estimate of drug-likeness (QED) is 0.161. The minimum atomic E-state index is -0.455. The Morgan fingerprint density at radius 3 is 1.52 bits per heavy atom. The molecule has 3 nitrogen and oxygen atoms in total. The van der Waals surface area contributed by atoms with Gasteiger partial charge in [0.2, 0.25) is 0 Å². The second-order valence-corrected chi connectivity index (χ2v) is 16.1. The maximum Gasteiger partial charge on any atom is 0.160 e. The molecule has 62 heavy (non-hydrogen) atoms. The highest BCUT2D eigenvalue weighted by molar-refractivity contribution is 6.11. The van der Waals surface area contributed by atoms with Gasteiger partial charge in [-0.3, -0.25) is 0 Å². The predicted octanol–water partition coefficient (Wildman–Crippen LogP) is 14.6. The molecule has 0 radical (unpaired) electrons. The lowest BCUT2D eigenvalue weighted by Crippen LogP contribution is -2.28. The number of fused-ring (bicyclic) bond motifs is 6. The third-order valence-electron chi connectivity index (χ3n) is 12.7. The molecule has 0 bridgehead atoms. The van der Waals surface area contributed by atoms with Gasteiger partial charge in [0, 0.05) is 22.2 Å². The fraction of sp³-hybridized carbons (Fsp3) is 0.0169. The van der Waals surface area contributed by atoms with Crippen molar-refractivity contribution in [3.8, 4) is 61.7 Å². The molecule has 0 amide bonds. The third kappa shape index (κ3) is 5.59. The summed E-state index contributed by atoms with van der Waals surface area (Å²) in [6.45, 7) is 0. The molecule has 1 aliphatic carbocycles. The average molecular weight is 790 g/mol. The maximum absolute atomic E-state index is 5.40. The second-order valence-electron chi connectivity index (χ2n) is 16.1. The van der Waals surface area contributed by atoms with Crippen LogP contribution in [0.2, 0.25) is 0 Å². The number of nitrogens with zero attached hydrogens (tertiary/aromatic N) is 3. The molecule has 0 fully saturated rings. The van der Waals surface area contributed by atoms with Crippen LogP contribution in [0.5, 0.6) is 0 Å². The molecule has 11 aromatic rings. The van der Waals surface area contributed by atoms with Crippen LogP contribution in [-0.2, 0) is 5.41 Å². The van der Waals surface area contributed by atoms with E-state index < -0.39 is 5.41 Å². The number of aromatic nitrogens is 3. The minimum Gasteiger partial charge on any atom is -0.306 e. The van der Waals surface area contributed by atoms with E-state index in [0.717, 1.165) is 61.1 Å². The highest BCUT2D eigenvalue weighted by Crippen LogP contribution is 2.56. The fourth-order valence-electron chi connectivity index (χ4n) is 9.98. The van der Waals surface area contributed by atoms with Gasteiger partial charge in [-0.25, -0.2) is 9.97 Å². The zero-order valence-electron chi connectivity index (χ0n) is 33.9. The maximum atomic E-state index is 5.40. The molecule has 0 atom stereocenters. The van der Waals surface area contributed by atoms with E-state index in [2.05, 4.69) is 241 Å². The topological polar surface area (TPSA) is 30.7 Å². The Labute approximate surface area is 360 Å². The van der Waals surface area contributed by atoms with E-state index in [1.54, 1.807) is 0 Å².